The van der Waals surface area contributed by atoms with Crippen LogP contribution in [0, 0.1) is 0 Å². The van der Waals surface area contributed by atoms with Gasteiger partial charge < -0.3 is 5.32 Å². The molecule has 0 aliphatic rings. The zero-order chi connectivity index (χ0) is 12.3. The molecule has 1 aromatic heterocycles. The van der Waals surface area contributed by atoms with Gasteiger partial charge >= 0.3 is 0 Å². The van der Waals surface area contributed by atoms with Crippen LogP contribution >= 0.6 is 0 Å². The smallest absolute Gasteiger partial charge is 0.140 e. The van der Waals surface area contributed by atoms with E-state index in [1.54, 1.807) is 6.33 Å². The van der Waals surface area contributed by atoms with E-state index in [0.717, 1.165) is 18.9 Å². The van der Waals surface area contributed by atoms with Crippen LogP contribution in [0.1, 0.15) is 57.7 Å². The first kappa shape index (κ1) is 14.2. The standard InChI is InChI=1S/C13H26N4/c1-3-4-5-6-7-8-9-10-17-13(11-14-2)15-12-16-17/h12,14H,3-11H2,1-2H3. The summed E-state index contributed by atoms with van der Waals surface area (Å²) in [6.45, 7) is 4.06. The van der Waals surface area contributed by atoms with E-state index in [-0.39, 0.29) is 0 Å². The van der Waals surface area contributed by atoms with Crippen molar-refractivity contribution < 1.29 is 0 Å². The van der Waals surface area contributed by atoms with Crippen molar-refractivity contribution in [2.75, 3.05) is 7.05 Å². The highest BCUT2D eigenvalue weighted by Crippen LogP contribution is 2.08. The molecule has 0 aliphatic carbocycles. The Bertz CT molecular complexity index is 283. The van der Waals surface area contributed by atoms with Gasteiger partial charge in [-0.25, -0.2) is 9.67 Å². The van der Waals surface area contributed by atoms with Gasteiger partial charge in [-0.1, -0.05) is 45.4 Å². The van der Waals surface area contributed by atoms with Crippen molar-refractivity contribution >= 4 is 0 Å². The number of aryl methyl sites for hydroxylation is 1. The first-order chi connectivity index (χ1) is 8.38. The summed E-state index contributed by atoms with van der Waals surface area (Å²) in [6, 6.07) is 0. The van der Waals surface area contributed by atoms with Crippen molar-refractivity contribution in [3.63, 3.8) is 0 Å². The van der Waals surface area contributed by atoms with Gasteiger partial charge in [0.15, 0.2) is 0 Å². The van der Waals surface area contributed by atoms with E-state index in [4.69, 9.17) is 0 Å². The van der Waals surface area contributed by atoms with Crippen LogP contribution in [-0.4, -0.2) is 21.8 Å². The number of hydrogen-bond acceptors (Lipinski definition) is 3. The lowest BCUT2D eigenvalue weighted by atomic mass is 10.1. The Morgan fingerprint density at radius 3 is 2.53 bits per heavy atom. The zero-order valence-corrected chi connectivity index (χ0v) is 11.3. The number of hydrogen-bond donors (Lipinski definition) is 1. The molecule has 0 aromatic carbocycles. The van der Waals surface area contributed by atoms with E-state index in [1.165, 1.54) is 44.9 Å². The topological polar surface area (TPSA) is 42.7 Å². The Morgan fingerprint density at radius 1 is 1.12 bits per heavy atom. The van der Waals surface area contributed by atoms with Crippen LogP contribution in [0.25, 0.3) is 0 Å². The van der Waals surface area contributed by atoms with Crippen LogP contribution < -0.4 is 5.32 Å². The first-order valence-electron chi connectivity index (χ1n) is 6.89. The summed E-state index contributed by atoms with van der Waals surface area (Å²) in [6.07, 6.45) is 11.0. The molecule has 0 saturated heterocycles. The maximum absolute atomic E-state index is 4.25. The number of nitrogens with zero attached hydrogens (tertiary/aromatic N) is 3. The van der Waals surface area contributed by atoms with E-state index in [0.29, 0.717) is 0 Å². The van der Waals surface area contributed by atoms with Crippen LogP contribution in [0.15, 0.2) is 6.33 Å². The molecular weight excluding hydrogens is 212 g/mol. The highest BCUT2D eigenvalue weighted by molar-refractivity contribution is 4.82. The minimum Gasteiger partial charge on any atom is -0.313 e. The average Bonchev–Trinajstić information content (AvgIpc) is 2.76. The Labute approximate surface area is 105 Å². The molecule has 17 heavy (non-hydrogen) atoms. The Kier molecular flexibility index (Phi) is 7.63. The minimum atomic E-state index is 0.802. The summed E-state index contributed by atoms with van der Waals surface area (Å²) >= 11 is 0. The third-order valence-corrected chi connectivity index (χ3v) is 3.00. The third kappa shape index (κ3) is 5.82. The van der Waals surface area contributed by atoms with Crippen molar-refractivity contribution in [2.24, 2.45) is 0 Å². The molecule has 0 unspecified atom stereocenters. The number of nitrogens with one attached hydrogen (secondary N) is 1. The normalized spacial score (nSPS) is 10.9. The summed E-state index contributed by atoms with van der Waals surface area (Å²) < 4.78 is 2.02. The molecule has 4 nitrogen and oxygen atoms in total. The molecule has 0 saturated carbocycles. The van der Waals surface area contributed by atoms with Gasteiger partial charge in [0.25, 0.3) is 0 Å². The van der Waals surface area contributed by atoms with Crippen molar-refractivity contribution in [1.82, 2.24) is 20.1 Å². The van der Waals surface area contributed by atoms with E-state index in [9.17, 15) is 0 Å². The molecule has 0 radical (unpaired) electrons. The van der Waals surface area contributed by atoms with Gasteiger partial charge in [-0.15, -0.1) is 0 Å². The van der Waals surface area contributed by atoms with Crippen LogP contribution in [-0.2, 0) is 13.1 Å². The molecule has 1 rings (SSSR count). The first-order valence-corrected chi connectivity index (χ1v) is 6.89. The van der Waals surface area contributed by atoms with E-state index < -0.39 is 0 Å². The lowest BCUT2D eigenvalue weighted by Crippen LogP contribution is -2.13. The molecule has 0 aliphatic heterocycles. The summed E-state index contributed by atoms with van der Waals surface area (Å²) in [7, 11) is 1.94. The van der Waals surface area contributed by atoms with Crippen LogP contribution in [0.2, 0.25) is 0 Å². The molecule has 98 valence electrons. The van der Waals surface area contributed by atoms with E-state index >= 15 is 0 Å². The lowest BCUT2D eigenvalue weighted by Gasteiger charge is -2.05. The number of unbranched alkanes of at least 4 members (excludes halogenated alkanes) is 6. The maximum atomic E-state index is 4.25. The van der Waals surface area contributed by atoms with Crippen molar-refractivity contribution in [2.45, 2.75) is 65.0 Å². The van der Waals surface area contributed by atoms with Gasteiger partial charge in [-0.3, -0.25) is 0 Å². The fraction of sp³-hybridized carbons (Fsp3) is 0.846. The predicted octanol–water partition coefficient (Wildman–Crippen LogP) is 2.75. The van der Waals surface area contributed by atoms with E-state index in [1.807, 2.05) is 11.7 Å². The van der Waals surface area contributed by atoms with Crippen LogP contribution in [0.5, 0.6) is 0 Å². The summed E-state index contributed by atoms with van der Waals surface area (Å²) in [5.74, 6) is 1.04. The van der Waals surface area contributed by atoms with Gasteiger partial charge in [0, 0.05) is 6.54 Å². The molecule has 1 N–H and O–H groups in total. The van der Waals surface area contributed by atoms with E-state index in [2.05, 4.69) is 22.3 Å². The average molecular weight is 238 g/mol. The van der Waals surface area contributed by atoms with Crippen molar-refractivity contribution in [1.29, 1.82) is 0 Å². The number of rotatable bonds is 10. The van der Waals surface area contributed by atoms with Crippen LogP contribution in [0.4, 0.5) is 0 Å². The quantitative estimate of drug-likeness (QED) is 0.637. The van der Waals surface area contributed by atoms with Crippen molar-refractivity contribution in [3.8, 4) is 0 Å². The second-order valence-electron chi connectivity index (χ2n) is 4.55. The predicted molar refractivity (Wildman–Crippen MR) is 70.8 cm³/mol. The summed E-state index contributed by atoms with van der Waals surface area (Å²) in [5, 5.41) is 7.36. The zero-order valence-electron chi connectivity index (χ0n) is 11.3. The van der Waals surface area contributed by atoms with Gasteiger partial charge in [-0.2, -0.15) is 5.10 Å². The molecule has 0 fully saturated rings. The van der Waals surface area contributed by atoms with Crippen LogP contribution in [0.3, 0.4) is 0 Å². The Balaban J connectivity index is 2.07. The third-order valence-electron chi connectivity index (χ3n) is 3.00. The second kappa shape index (κ2) is 9.16. The minimum absolute atomic E-state index is 0.802. The fourth-order valence-electron chi connectivity index (χ4n) is 1.99. The second-order valence-corrected chi connectivity index (χ2v) is 4.55. The Hall–Kier alpha value is -0.900. The molecular formula is C13H26N4. The highest BCUT2D eigenvalue weighted by atomic mass is 15.3. The summed E-state index contributed by atoms with van der Waals surface area (Å²) in [4.78, 5) is 4.23. The van der Waals surface area contributed by atoms with Gasteiger partial charge in [0.2, 0.25) is 0 Å². The van der Waals surface area contributed by atoms with Crippen molar-refractivity contribution in [3.05, 3.63) is 12.2 Å². The largest absolute Gasteiger partial charge is 0.313 e. The molecule has 1 aromatic rings. The summed E-state index contributed by atoms with van der Waals surface area (Å²) in [5.41, 5.74) is 0. The monoisotopic (exact) mass is 238 g/mol. The lowest BCUT2D eigenvalue weighted by molar-refractivity contribution is 0.502. The van der Waals surface area contributed by atoms with Gasteiger partial charge in [0.1, 0.15) is 12.2 Å². The maximum Gasteiger partial charge on any atom is 0.140 e. The SMILES string of the molecule is CCCCCCCCCn1ncnc1CNC. The highest BCUT2D eigenvalue weighted by Gasteiger charge is 2.01. The molecule has 1 heterocycles. The number of aromatic nitrogens is 3. The Morgan fingerprint density at radius 2 is 1.82 bits per heavy atom. The molecule has 4 heteroatoms. The molecule has 0 atom stereocenters. The molecule has 0 bridgehead atoms. The molecule has 0 amide bonds. The van der Waals surface area contributed by atoms with Gasteiger partial charge in [0.05, 0.1) is 6.54 Å². The fourth-order valence-corrected chi connectivity index (χ4v) is 1.99. The molecule has 0 spiro atoms. The van der Waals surface area contributed by atoms with Gasteiger partial charge in [-0.05, 0) is 13.5 Å².